The maximum atomic E-state index is 5.78. The van der Waals surface area contributed by atoms with Gasteiger partial charge in [0, 0.05) is 11.9 Å². The molecular formula is C14H11N5. The molecule has 0 aliphatic carbocycles. The maximum absolute atomic E-state index is 5.78. The van der Waals surface area contributed by atoms with Crippen LogP contribution in [0.15, 0.2) is 48.8 Å². The van der Waals surface area contributed by atoms with Crippen LogP contribution in [-0.2, 0) is 0 Å². The Morgan fingerprint density at radius 3 is 3.05 bits per heavy atom. The molecule has 0 amide bonds. The van der Waals surface area contributed by atoms with Gasteiger partial charge in [-0.2, -0.15) is 5.10 Å². The summed E-state index contributed by atoms with van der Waals surface area (Å²) in [6, 6.07) is 11.6. The van der Waals surface area contributed by atoms with Crippen LogP contribution in [0.25, 0.3) is 27.9 Å². The molecule has 0 spiro atoms. The summed E-state index contributed by atoms with van der Waals surface area (Å²) in [5.74, 6) is 0.807. The largest absolute Gasteiger partial charge is 0.399 e. The normalized spacial score (nSPS) is 11.4. The van der Waals surface area contributed by atoms with Gasteiger partial charge in [0.1, 0.15) is 5.82 Å². The zero-order chi connectivity index (χ0) is 12.8. The van der Waals surface area contributed by atoms with Crippen LogP contribution in [0, 0.1) is 0 Å². The van der Waals surface area contributed by atoms with Gasteiger partial charge in [-0.25, -0.2) is 9.50 Å². The van der Waals surface area contributed by atoms with Crippen LogP contribution >= 0.6 is 0 Å². The number of fused-ring (bicyclic) bond motifs is 2. The number of nitrogen functional groups attached to an aromatic ring is 1. The summed E-state index contributed by atoms with van der Waals surface area (Å²) in [4.78, 5) is 7.87. The zero-order valence-corrected chi connectivity index (χ0v) is 10.0. The smallest absolute Gasteiger partial charge is 0.142 e. The third kappa shape index (κ3) is 1.48. The Morgan fingerprint density at radius 2 is 2.11 bits per heavy atom. The van der Waals surface area contributed by atoms with Crippen molar-refractivity contribution in [2.75, 3.05) is 5.73 Å². The van der Waals surface area contributed by atoms with Gasteiger partial charge in [0.05, 0.1) is 28.3 Å². The molecule has 1 aromatic carbocycles. The second-order valence-electron chi connectivity index (χ2n) is 4.45. The van der Waals surface area contributed by atoms with Crippen molar-refractivity contribution in [1.82, 2.24) is 19.6 Å². The van der Waals surface area contributed by atoms with E-state index in [1.807, 2.05) is 53.3 Å². The second kappa shape index (κ2) is 3.58. The van der Waals surface area contributed by atoms with E-state index >= 15 is 0 Å². The first-order valence-corrected chi connectivity index (χ1v) is 5.99. The molecular weight excluding hydrogens is 238 g/mol. The fourth-order valence-electron chi connectivity index (χ4n) is 2.27. The lowest BCUT2D eigenvalue weighted by molar-refractivity contribution is 0.961. The van der Waals surface area contributed by atoms with E-state index in [9.17, 15) is 0 Å². The molecule has 3 heterocycles. The van der Waals surface area contributed by atoms with Crippen molar-refractivity contribution < 1.29 is 0 Å². The summed E-state index contributed by atoms with van der Waals surface area (Å²) in [6.07, 6.45) is 3.73. The summed E-state index contributed by atoms with van der Waals surface area (Å²) < 4.78 is 1.83. The van der Waals surface area contributed by atoms with Gasteiger partial charge in [0.2, 0.25) is 0 Å². The minimum absolute atomic E-state index is 0.725. The van der Waals surface area contributed by atoms with Gasteiger partial charge in [-0.05, 0) is 30.3 Å². The Morgan fingerprint density at radius 1 is 1.16 bits per heavy atom. The number of imidazole rings is 1. The van der Waals surface area contributed by atoms with Crippen molar-refractivity contribution in [3.8, 4) is 11.4 Å². The molecule has 92 valence electrons. The molecule has 0 aliphatic heterocycles. The van der Waals surface area contributed by atoms with Crippen LogP contribution < -0.4 is 5.73 Å². The van der Waals surface area contributed by atoms with Crippen molar-refractivity contribution >= 4 is 22.2 Å². The molecule has 0 saturated carbocycles. The zero-order valence-electron chi connectivity index (χ0n) is 10.0. The first-order chi connectivity index (χ1) is 9.31. The Bertz CT molecular complexity index is 887. The number of aromatic amines is 1. The van der Waals surface area contributed by atoms with Crippen LogP contribution in [0.4, 0.5) is 5.69 Å². The van der Waals surface area contributed by atoms with E-state index in [0.717, 1.165) is 33.6 Å². The molecule has 0 saturated heterocycles. The summed E-state index contributed by atoms with van der Waals surface area (Å²) in [5.41, 5.74) is 10.3. The number of hydrogen-bond donors (Lipinski definition) is 2. The molecule has 3 aromatic heterocycles. The number of pyridine rings is 1. The third-order valence-corrected chi connectivity index (χ3v) is 3.19. The summed E-state index contributed by atoms with van der Waals surface area (Å²) in [6.45, 7) is 0. The number of nitrogens with two attached hydrogens (primary N) is 1. The molecule has 0 bridgehead atoms. The first kappa shape index (κ1) is 10.1. The fraction of sp³-hybridized carbons (Fsp3) is 0. The van der Waals surface area contributed by atoms with Gasteiger partial charge in [-0.3, -0.25) is 0 Å². The number of nitrogens with zero attached hydrogens (tertiary/aromatic N) is 3. The van der Waals surface area contributed by atoms with E-state index in [0.29, 0.717) is 0 Å². The summed E-state index contributed by atoms with van der Waals surface area (Å²) >= 11 is 0. The molecule has 4 rings (SSSR count). The van der Waals surface area contributed by atoms with Gasteiger partial charge in [-0.1, -0.05) is 6.07 Å². The Balaban J connectivity index is 1.99. The topological polar surface area (TPSA) is 72.0 Å². The standard InChI is InChI=1S/C14H11N5/c15-9-4-5-11-12(7-9)18-14(17-11)10-8-16-19-6-2-1-3-13(10)19/h1-8H,15H2,(H,17,18). The molecule has 0 fully saturated rings. The van der Waals surface area contributed by atoms with Crippen LogP contribution in [-0.4, -0.2) is 19.6 Å². The minimum Gasteiger partial charge on any atom is -0.399 e. The summed E-state index contributed by atoms with van der Waals surface area (Å²) in [5, 5.41) is 4.31. The molecule has 4 aromatic rings. The van der Waals surface area contributed by atoms with E-state index in [1.54, 1.807) is 0 Å². The molecule has 0 aliphatic rings. The Hall–Kier alpha value is -2.82. The third-order valence-electron chi connectivity index (χ3n) is 3.19. The predicted octanol–water partition coefficient (Wildman–Crippen LogP) is 2.46. The number of benzene rings is 1. The lowest BCUT2D eigenvalue weighted by Crippen LogP contribution is -1.84. The van der Waals surface area contributed by atoms with E-state index < -0.39 is 0 Å². The second-order valence-corrected chi connectivity index (χ2v) is 4.45. The molecule has 5 heteroatoms. The van der Waals surface area contributed by atoms with E-state index in [4.69, 9.17) is 5.73 Å². The van der Waals surface area contributed by atoms with Crippen molar-refractivity contribution in [3.63, 3.8) is 0 Å². The molecule has 0 atom stereocenters. The van der Waals surface area contributed by atoms with Crippen LogP contribution in [0.1, 0.15) is 0 Å². The van der Waals surface area contributed by atoms with Crippen LogP contribution in [0.2, 0.25) is 0 Å². The number of H-pyrrole nitrogens is 1. The number of rotatable bonds is 1. The highest BCUT2D eigenvalue weighted by atomic mass is 15.2. The molecule has 0 radical (unpaired) electrons. The van der Waals surface area contributed by atoms with Crippen LogP contribution in [0.3, 0.4) is 0 Å². The number of nitrogens with one attached hydrogen (secondary N) is 1. The Labute approximate surface area is 108 Å². The van der Waals surface area contributed by atoms with Gasteiger partial charge < -0.3 is 10.7 Å². The van der Waals surface area contributed by atoms with Crippen LogP contribution in [0.5, 0.6) is 0 Å². The molecule has 3 N–H and O–H groups in total. The lowest BCUT2D eigenvalue weighted by atomic mass is 10.2. The summed E-state index contributed by atoms with van der Waals surface area (Å²) in [7, 11) is 0. The first-order valence-electron chi connectivity index (χ1n) is 5.99. The average molecular weight is 249 g/mol. The molecule has 0 unspecified atom stereocenters. The molecule has 5 nitrogen and oxygen atoms in total. The van der Waals surface area contributed by atoms with E-state index in [1.165, 1.54) is 0 Å². The van der Waals surface area contributed by atoms with Crippen molar-refractivity contribution in [3.05, 3.63) is 48.8 Å². The molecule has 19 heavy (non-hydrogen) atoms. The lowest BCUT2D eigenvalue weighted by Gasteiger charge is -1.93. The highest BCUT2D eigenvalue weighted by Crippen LogP contribution is 2.25. The number of anilines is 1. The number of aromatic nitrogens is 4. The number of hydrogen-bond acceptors (Lipinski definition) is 3. The van der Waals surface area contributed by atoms with E-state index in [-0.39, 0.29) is 0 Å². The quantitative estimate of drug-likeness (QED) is 0.509. The Kier molecular flexibility index (Phi) is 1.91. The van der Waals surface area contributed by atoms with Gasteiger partial charge in [0.25, 0.3) is 0 Å². The fourth-order valence-corrected chi connectivity index (χ4v) is 2.27. The average Bonchev–Trinajstić information content (AvgIpc) is 3.00. The van der Waals surface area contributed by atoms with Gasteiger partial charge in [-0.15, -0.1) is 0 Å². The minimum atomic E-state index is 0.725. The highest BCUT2D eigenvalue weighted by molar-refractivity contribution is 5.85. The highest BCUT2D eigenvalue weighted by Gasteiger charge is 2.10. The maximum Gasteiger partial charge on any atom is 0.142 e. The van der Waals surface area contributed by atoms with Crippen molar-refractivity contribution in [1.29, 1.82) is 0 Å². The van der Waals surface area contributed by atoms with E-state index in [2.05, 4.69) is 15.1 Å². The monoisotopic (exact) mass is 249 g/mol. The van der Waals surface area contributed by atoms with Gasteiger partial charge >= 0.3 is 0 Å². The predicted molar refractivity (Wildman–Crippen MR) is 74.7 cm³/mol. The van der Waals surface area contributed by atoms with Crippen molar-refractivity contribution in [2.45, 2.75) is 0 Å². The van der Waals surface area contributed by atoms with Gasteiger partial charge in [0.15, 0.2) is 0 Å². The SMILES string of the molecule is Nc1ccc2nc(-c3cnn4ccccc34)[nH]c2c1. The van der Waals surface area contributed by atoms with Crippen molar-refractivity contribution in [2.24, 2.45) is 0 Å².